The molecule has 1 atom stereocenters. The first kappa shape index (κ1) is 14.3. The topological polar surface area (TPSA) is 12.0 Å². The van der Waals surface area contributed by atoms with Gasteiger partial charge in [0.2, 0.25) is 0 Å². The van der Waals surface area contributed by atoms with Crippen molar-refractivity contribution in [2.24, 2.45) is 0 Å². The van der Waals surface area contributed by atoms with Crippen LogP contribution in [0.4, 0.5) is 0 Å². The third-order valence-electron chi connectivity index (χ3n) is 4.04. The molecule has 1 aliphatic rings. The van der Waals surface area contributed by atoms with Gasteiger partial charge in [-0.1, -0.05) is 18.6 Å². The maximum Gasteiger partial charge on any atom is 0.0292 e. The lowest BCUT2D eigenvalue weighted by molar-refractivity contribution is 0.334. The molecule has 1 nitrogen and oxygen atoms in total. The van der Waals surface area contributed by atoms with E-state index in [2.05, 4.69) is 49.0 Å². The van der Waals surface area contributed by atoms with Crippen LogP contribution >= 0.6 is 23.5 Å². The van der Waals surface area contributed by atoms with Crippen LogP contribution in [0.25, 0.3) is 0 Å². The Labute approximate surface area is 120 Å². The Bertz CT molecular complexity index is 365. The fourth-order valence-electron chi connectivity index (χ4n) is 2.37. The van der Waals surface area contributed by atoms with Crippen molar-refractivity contribution in [1.82, 2.24) is 5.32 Å². The zero-order chi connectivity index (χ0) is 13.0. The molecule has 0 spiro atoms. The molecule has 1 saturated carbocycles. The number of benzene rings is 1. The number of nitrogens with one attached hydrogen (secondary N) is 1. The number of hydrogen-bond donors (Lipinski definition) is 1. The van der Waals surface area contributed by atoms with Gasteiger partial charge in [0.15, 0.2) is 0 Å². The Balaban J connectivity index is 1.88. The van der Waals surface area contributed by atoms with Gasteiger partial charge in [-0.05, 0) is 50.0 Å². The van der Waals surface area contributed by atoms with Crippen molar-refractivity contribution in [3.05, 3.63) is 29.8 Å². The molecular weight excluding hydrogens is 258 g/mol. The van der Waals surface area contributed by atoms with Gasteiger partial charge in [-0.2, -0.15) is 11.8 Å². The maximum atomic E-state index is 3.70. The minimum absolute atomic E-state index is 0.450. The molecule has 1 unspecified atom stereocenters. The van der Waals surface area contributed by atoms with Gasteiger partial charge < -0.3 is 5.32 Å². The van der Waals surface area contributed by atoms with Crippen LogP contribution in [0.3, 0.4) is 0 Å². The van der Waals surface area contributed by atoms with Crippen LogP contribution in [0.15, 0.2) is 29.2 Å². The minimum Gasteiger partial charge on any atom is -0.309 e. The molecule has 0 bridgehead atoms. The van der Waals surface area contributed by atoms with Gasteiger partial charge >= 0.3 is 0 Å². The maximum absolute atomic E-state index is 3.70. The molecule has 18 heavy (non-hydrogen) atoms. The summed E-state index contributed by atoms with van der Waals surface area (Å²) in [7, 11) is 0. The molecule has 100 valence electrons. The summed E-state index contributed by atoms with van der Waals surface area (Å²) in [4.78, 5) is 1.34. The van der Waals surface area contributed by atoms with Crippen LogP contribution in [0.2, 0.25) is 0 Å². The molecule has 0 radical (unpaired) electrons. The summed E-state index contributed by atoms with van der Waals surface area (Å²) in [5.74, 6) is 0. The van der Waals surface area contributed by atoms with Gasteiger partial charge in [0, 0.05) is 22.2 Å². The first-order chi connectivity index (χ1) is 8.69. The third kappa shape index (κ3) is 3.25. The van der Waals surface area contributed by atoms with Crippen LogP contribution in [-0.4, -0.2) is 23.8 Å². The molecule has 1 fully saturated rings. The summed E-state index contributed by atoms with van der Waals surface area (Å²) in [5, 5.41) is 3.70. The molecule has 2 rings (SSSR count). The van der Waals surface area contributed by atoms with Crippen LogP contribution in [0.1, 0.15) is 37.8 Å². The fraction of sp³-hybridized carbons (Fsp3) is 0.600. The monoisotopic (exact) mass is 281 g/mol. The van der Waals surface area contributed by atoms with Crippen molar-refractivity contribution in [1.29, 1.82) is 0 Å². The number of rotatable bonds is 6. The second kappa shape index (κ2) is 6.36. The minimum atomic E-state index is 0.450. The van der Waals surface area contributed by atoms with Crippen molar-refractivity contribution in [2.45, 2.75) is 41.9 Å². The number of hydrogen-bond acceptors (Lipinski definition) is 3. The second-order valence-corrected chi connectivity index (χ2v) is 7.27. The highest BCUT2D eigenvalue weighted by Gasteiger charge is 2.35. The molecule has 1 aliphatic carbocycles. The zero-order valence-corrected chi connectivity index (χ0v) is 13.2. The SMILES string of the molecule is CSc1ccc(C(C)NCC2(SC)CCC2)cc1. The Morgan fingerprint density at radius 3 is 2.33 bits per heavy atom. The Kier molecular flexibility index (Phi) is 5.05. The predicted molar refractivity (Wildman–Crippen MR) is 84.7 cm³/mol. The van der Waals surface area contributed by atoms with Crippen LogP contribution < -0.4 is 5.32 Å². The summed E-state index contributed by atoms with van der Waals surface area (Å²) in [6.45, 7) is 3.40. The van der Waals surface area contributed by atoms with E-state index in [4.69, 9.17) is 0 Å². The Hall–Kier alpha value is -0.120. The standard InChI is InChI=1S/C15H23NS2/c1-12(13-5-7-14(17-2)8-6-13)16-11-15(18-3)9-4-10-15/h5-8,12,16H,4,9-11H2,1-3H3. The Morgan fingerprint density at radius 2 is 1.89 bits per heavy atom. The van der Waals surface area contributed by atoms with E-state index >= 15 is 0 Å². The molecule has 1 N–H and O–H groups in total. The van der Waals surface area contributed by atoms with E-state index in [9.17, 15) is 0 Å². The molecule has 0 aromatic heterocycles. The van der Waals surface area contributed by atoms with E-state index in [0.717, 1.165) is 6.54 Å². The highest BCUT2D eigenvalue weighted by molar-refractivity contribution is 8.00. The van der Waals surface area contributed by atoms with E-state index < -0.39 is 0 Å². The zero-order valence-electron chi connectivity index (χ0n) is 11.5. The van der Waals surface area contributed by atoms with Crippen molar-refractivity contribution < 1.29 is 0 Å². The van der Waals surface area contributed by atoms with E-state index in [1.165, 1.54) is 29.7 Å². The first-order valence-electron chi connectivity index (χ1n) is 6.62. The normalized spacial score (nSPS) is 19.3. The molecule has 0 amide bonds. The smallest absolute Gasteiger partial charge is 0.0292 e. The summed E-state index contributed by atoms with van der Waals surface area (Å²) >= 11 is 3.84. The predicted octanol–water partition coefficient (Wildman–Crippen LogP) is 4.34. The fourth-order valence-corrected chi connectivity index (χ4v) is 3.71. The third-order valence-corrected chi connectivity index (χ3v) is 6.21. The highest BCUT2D eigenvalue weighted by Crippen LogP contribution is 2.42. The number of thioether (sulfide) groups is 2. The quantitative estimate of drug-likeness (QED) is 0.779. The van der Waals surface area contributed by atoms with Gasteiger partial charge in [-0.3, -0.25) is 0 Å². The molecule has 0 aliphatic heterocycles. The van der Waals surface area contributed by atoms with Crippen molar-refractivity contribution in [3.8, 4) is 0 Å². The van der Waals surface area contributed by atoms with E-state index in [1.54, 1.807) is 11.8 Å². The van der Waals surface area contributed by atoms with E-state index in [0.29, 0.717) is 10.8 Å². The second-order valence-electron chi connectivity index (χ2n) is 5.12. The molecule has 3 heteroatoms. The van der Waals surface area contributed by atoms with Crippen LogP contribution in [0, 0.1) is 0 Å². The summed E-state index contributed by atoms with van der Waals surface area (Å²) in [6.07, 6.45) is 8.52. The lowest BCUT2D eigenvalue weighted by Gasteiger charge is -2.41. The first-order valence-corrected chi connectivity index (χ1v) is 9.06. The van der Waals surface area contributed by atoms with Crippen molar-refractivity contribution in [2.75, 3.05) is 19.1 Å². The summed E-state index contributed by atoms with van der Waals surface area (Å²) < 4.78 is 0.521. The van der Waals surface area contributed by atoms with E-state index in [1.807, 2.05) is 11.8 Å². The van der Waals surface area contributed by atoms with Crippen molar-refractivity contribution in [3.63, 3.8) is 0 Å². The van der Waals surface area contributed by atoms with Gasteiger partial charge in [0.05, 0.1) is 0 Å². The average Bonchev–Trinajstić information content (AvgIpc) is 2.38. The van der Waals surface area contributed by atoms with Gasteiger partial charge in [0.25, 0.3) is 0 Å². The summed E-state index contributed by atoms with van der Waals surface area (Å²) in [5.41, 5.74) is 1.39. The average molecular weight is 281 g/mol. The van der Waals surface area contributed by atoms with Gasteiger partial charge in [-0.25, -0.2) is 0 Å². The van der Waals surface area contributed by atoms with Gasteiger partial charge in [0.1, 0.15) is 0 Å². The van der Waals surface area contributed by atoms with Gasteiger partial charge in [-0.15, -0.1) is 11.8 Å². The van der Waals surface area contributed by atoms with Crippen LogP contribution in [-0.2, 0) is 0 Å². The Morgan fingerprint density at radius 1 is 1.22 bits per heavy atom. The molecule has 1 aromatic carbocycles. The highest BCUT2D eigenvalue weighted by atomic mass is 32.2. The molecule has 1 aromatic rings. The lowest BCUT2D eigenvalue weighted by Crippen LogP contribution is -2.43. The molecule has 0 saturated heterocycles. The lowest BCUT2D eigenvalue weighted by atomic mass is 9.84. The van der Waals surface area contributed by atoms with Crippen molar-refractivity contribution >= 4 is 23.5 Å². The summed E-state index contributed by atoms with van der Waals surface area (Å²) in [6, 6.07) is 9.37. The molecular formula is C15H23NS2. The largest absolute Gasteiger partial charge is 0.309 e. The molecule has 0 heterocycles. The van der Waals surface area contributed by atoms with Crippen LogP contribution in [0.5, 0.6) is 0 Å². The van der Waals surface area contributed by atoms with E-state index in [-0.39, 0.29) is 0 Å².